The molecule has 0 bridgehead atoms. The van der Waals surface area contributed by atoms with Crippen LogP contribution in [-0.4, -0.2) is 37.4 Å². The van der Waals surface area contributed by atoms with E-state index in [9.17, 15) is 9.59 Å². The molecule has 1 aliphatic rings. The monoisotopic (exact) mass is 329 g/mol. The Balaban J connectivity index is 1.61. The summed E-state index contributed by atoms with van der Waals surface area (Å²) in [5.41, 5.74) is 2.13. The molecular weight excluding hydrogens is 314 g/mol. The molecule has 23 heavy (non-hydrogen) atoms. The van der Waals surface area contributed by atoms with Crippen LogP contribution in [0.25, 0.3) is 0 Å². The number of carbonyl (C=O) groups is 2. The summed E-state index contributed by atoms with van der Waals surface area (Å²) >= 11 is 1.25. The van der Waals surface area contributed by atoms with Crippen LogP contribution in [0.2, 0.25) is 0 Å². The number of carbonyl (C=O) groups excluding carboxylic acids is 2. The fourth-order valence-electron chi connectivity index (χ4n) is 2.24. The number of Topliss-reactive ketones (excluding diaryl/α,β-unsaturated/α-hetero) is 1. The summed E-state index contributed by atoms with van der Waals surface area (Å²) in [4.78, 5) is 40.3. The average Bonchev–Trinajstić information content (AvgIpc) is 2.53. The highest BCUT2D eigenvalue weighted by Gasteiger charge is 2.19. The van der Waals surface area contributed by atoms with Gasteiger partial charge >= 0.3 is 0 Å². The van der Waals surface area contributed by atoms with Gasteiger partial charge in [0.15, 0.2) is 10.9 Å². The van der Waals surface area contributed by atoms with Crippen LogP contribution in [0, 0.1) is 6.92 Å². The summed E-state index contributed by atoms with van der Waals surface area (Å²) in [6, 6.07) is 1.80. The lowest BCUT2D eigenvalue weighted by Crippen LogP contribution is -2.19. The number of nitrogens with one attached hydrogen (secondary N) is 1. The van der Waals surface area contributed by atoms with Gasteiger partial charge in [0.05, 0.1) is 17.0 Å². The molecule has 0 unspecified atom stereocenters. The molecule has 2 heterocycles. The zero-order valence-electron chi connectivity index (χ0n) is 12.6. The van der Waals surface area contributed by atoms with E-state index in [2.05, 4.69) is 25.3 Å². The summed E-state index contributed by atoms with van der Waals surface area (Å²) < 4.78 is 0. The van der Waals surface area contributed by atoms with Crippen LogP contribution in [0.3, 0.4) is 0 Å². The lowest BCUT2D eigenvalue weighted by molar-refractivity contribution is -0.113. The fourth-order valence-corrected chi connectivity index (χ4v) is 2.91. The molecule has 1 amide bonds. The van der Waals surface area contributed by atoms with E-state index in [-0.39, 0.29) is 23.4 Å². The average molecular weight is 329 g/mol. The largest absolute Gasteiger partial charge is 0.294 e. The maximum atomic E-state index is 12.0. The van der Waals surface area contributed by atoms with Gasteiger partial charge in [-0.3, -0.25) is 14.9 Å². The van der Waals surface area contributed by atoms with Crippen LogP contribution in [0.15, 0.2) is 23.6 Å². The van der Waals surface area contributed by atoms with Gasteiger partial charge in [-0.2, -0.15) is 0 Å². The lowest BCUT2D eigenvalue weighted by atomic mass is 9.96. The van der Waals surface area contributed by atoms with Gasteiger partial charge in [0.2, 0.25) is 11.9 Å². The zero-order chi connectivity index (χ0) is 16.2. The van der Waals surface area contributed by atoms with E-state index in [0.29, 0.717) is 22.8 Å². The first-order valence-electron chi connectivity index (χ1n) is 7.23. The van der Waals surface area contributed by atoms with Crippen molar-refractivity contribution in [3.63, 3.8) is 0 Å². The third kappa shape index (κ3) is 3.89. The summed E-state index contributed by atoms with van der Waals surface area (Å²) in [6.45, 7) is 1.87. The number of amides is 1. The van der Waals surface area contributed by atoms with Gasteiger partial charge in [-0.1, -0.05) is 11.8 Å². The van der Waals surface area contributed by atoms with E-state index in [4.69, 9.17) is 0 Å². The van der Waals surface area contributed by atoms with Crippen LogP contribution < -0.4 is 5.32 Å². The minimum atomic E-state index is -0.234. The molecule has 118 valence electrons. The third-order valence-electron chi connectivity index (χ3n) is 3.34. The number of rotatable bonds is 4. The molecule has 3 rings (SSSR count). The Bertz CT molecular complexity index is 765. The molecule has 0 aliphatic heterocycles. The Morgan fingerprint density at radius 1 is 1.30 bits per heavy atom. The molecule has 1 N–H and O–H groups in total. The Kier molecular flexibility index (Phi) is 4.61. The number of nitrogens with zero attached hydrogens (tertiary/aromatic N) is 4. The smallest absolute Gasteiger partial charge is 0.237 e. The van der Waals surface area contributed by atoms with Gasteiger partial charge in [0.25, 0.3) is 0 Å². The second-order valence-electron chi connectivity index (χ2n) is 5.15. The topological polar surface area (TPSA) is 97.7 Å². The van der Waals surface area contributed by atoms with E-state index in [1.165, 1.54) is 18.0 Å². The predicted molar refractivity (Wildman–Crippen MR) is 85.4 cm³/mol. The van der Waals surface area contributed by atoms with Crippen molar-refractivity contribution in [2.24, 2.45) is 0 Å². The number of hydrogen-bond acceptors (Lipinski definition) is 7. The Hall–Kier alpha value is -2.35. The van der Waals surface area contributed by atoms with Crippen LogP contribution >= 0.6 is 11.8 Å². The number of hydrogen-bond donors (Lipinski definition) is 1. The quantitative estimate of drug-likeness (QED) is 0.675. The summed E-state index contributed by atoms with van der Waals surface area (Å²) in [6.07, 6.45) is 5.22. The molecule has 0 radical (unpaired) electrons. The van der Waals surface area contributed by atoms with Gasteiger partial charge in [0, 0.05) is 24.5 Å². The van der Waals surface area contributed by atoms with E-state index in [1.54, 1.807) is 12.3 Å². The van der Waals surface area contributed by atoms with Crippen molar-refractivity contribution in [1.82, 2.24) is 19.9 Å². The highest BCUT2D eigenvalue weighted by Crippen LogP contribution is 2.20. The maximum absolute atomic E-state index is 12.0. The van der Waals surface area contributed by atoms with Crippen LogP contribution in [0.1, 0.15) is 34.6 Å². The first-order valence-corrected chi connectivity index (χ1v) is 8.22. The van der Waals surface area contributed by atoms with Gasteiger partial charge < -0.3 is 0 Å². The fraction of sp³-hybridized carbons (Fsp3) is 0.333. The summed E-state index contributed by atoms with van der Waals surface area (Å²) in [5, 5.41) is 3.20. The number of ketones is 1. The van der Waals surface area contributed by atoms with Crippen molar-refractivity contribution in [3.05, 3.63) is 35.4 Å². The zero-order valence-corrected chi connectivity index (χ0v) is 13.4. The molecule has 0 fully saturated rings. The Morgan fingerprint density at radius 3 is 3.00 bits per heavy atom. The van der Waals surface area contributed by atoms with Crippen molar-refractivity contribution >= 4 is 29.4 Å². The number of fused-ring (bicyclic) bond motifs is 1. The molecule has 0 saturated carbocycles. The molecule has 0 saturated heterocycles. The molecule has 2 aromatic rings. The number of thioether (sulfide) groups is 1. The van der Waals surface area contributed by atoms with Crippen molar-refractivity contribution in [2.45, 2.75) is 31.3 Å². The number of aromatic nitrogens is 4. The van der Waals surface area contributed by atoms with Crippen LogP contribution in [-0.2, 0) is 11.2 Å². The van der Waals surface area contributed by atoms with Crippen LogP contribution in [0.4, 0.5) is 5.95 Å². The van der Waals surface area contributed by atoms with Gasteiger partial charge in [0.1, 0.15) is 0 Å². The predicted octanol–water partition coefficient (Wildman–Crippen LogP) is 1.82. The minimum Gasteiger partial charge on any atom is -0.294 e. The molecule has 7 nitrogen and oxygen atoms in total. The van der Waals surface area contributed by atoms with Gasteiger partial charge in [-0.15, -0.1) is 0 Å². The van der Waals surface area contributed by atoms with E-state index >= 15 is 0 Å². The highest BCUT2D eigenvalue weighted by atomic mass is 32.2. The van der Waals surface area contributed by atoms with E-state index < -0.39 is 0 Å². The first kappa shape index (κ1) is 15.5. The van der Waals surface area contributed by atoms with Crippen LogP contribution in [0.5, 0.6) is 0 Å². The Morgan fingerprint density at radius 2 is 2.17 bits per heavy atom. The summed E-state index contributed by atoms with van der Waals surface area (Å²) in [5.74, 6) is 0.232. The SMILES string of the molecule is Cc1ccnc(SCC(=O)Nc2ncc3c(n2)CCCC3=O)n1. The summed E-state index contributed by atoms with van der Waals surface area (Å²) in [7, 11) is 0. The molecule has 8 heteroatoms. The number of anilines is 1. The third-order valence-corrected chi connectivity index (χ3v) is 4.20. The minimum absolute atomic E-state index is 0.0660. The molecular formula is C15H15N5O2S. The van der Waals surface area contributed by atoms with E-state index in [0.717, 1.165) is 18.5 Å². The van der Waals surface area contributed by atoms with Crippen molar-refractivity contribution in [1.29, 1.82) is 0 Å². The molecule has 1 aliphatic carbocycles. The van der Waals surface area contributed by atoms with Gasteiger partial charge in [-0.25, -0.2) is 19.9 Å². The Labute approximate surface area is 137 Å². The second kappa shape index (κ2) is 6.82. The van der Waals surface area contributed by atoms with Gasteiger partial charge in [-0.05, 0) is 25.8 Å². The highest BCUT2D eigenvalue weighted by molar-refractivity contribution is 7.99. The maximum Gasteiger partial charge on any atom is 0.237 e. The molecule has 2 aromatic heterocycles. The van der Waals surface area contributed by atoms with Crippen molar-refractivity contribution < 1.29 is 9.59 Å². The standard InChI is InChI=1S/C15H15N5O2S/c1-9-5-6-16-15(18-9)23-8-13(22)20-14-17-7-10-11(19-14)3-2-4-12(10)21/h5-7H,2-4,8H2,1H3,(H,17,19,20,22). The second-order valence-corrected chi connectivity index (χ2v) is 6.09. The molecule has 0 aromatic carbocycles. The molecule has 0 spiro atoms. The van der Waals surface area contributed by atoms with Crippen molar-refractivity contribution in [3.8, 4) is 0 Å². The first-order chi connectivity index (χ1) is 11.1. The molecule has 0 atom stereocenters. The number of aryl methyl sites for hydroxylation is 2. The van der Waals surface area contributed by atoms with Crippen molar-refractivity contribution in [2.75, 3.05) is 11.1 Å². The lowest BCUT2D eigenvalue weighted by Gasteiger charge is -2.13. The normalized spacial score (nSPS) is 13.5. The van der Waals surface area contributed by atoms with E-state index in [1.807, 2.05) is 6.92 Å².